The van der Waals surface area contributed by atoms with Crippen molar-refractivity contribution < 1.29 is 4.74 Å². The molecule has 0 bridgehead atoms. The van der Waals surface area contributed by atoms with Crippen LogP contribution in [0.2, 0.25) is 0 Å². The number of hydrogen-bond donors (Lipinski definition) is 2. The van der Waals surface area contributed by atoms with E-state index >= 15 is 0 Å². The van der Waals surface area contributed by atoms with Gasteiger partial charge in [-0.2, -0.15) is 0 Å². The van der Waals surface area contributed by atoms with Crippen molar-refractivity contribution in [3.63, 3.8) is 0 Å². The lowest BCUT2D eigenvalue weighted by Gasteiger charge is -2.12. The maximum atomic E-state index is 5.84. The van der Waals surface area contributed by atoms with E-state index in [0.29, 0.717) is 6.61 Å². The van der Waals surface area contributed by atoms with Crippen molar-refractivity contribution in [2.45, 2.75) is 26.4 Å². The molecule has 29 heavy (non-hydrogen) atoms. The lowest BCUT2D eigenvalue weighted by Crippen LogP contribution is -2.39. The molecule has 5 nitrogen and oxygen atoms in total. The highest BCUT2D eigenvalue weighted by atomic mass is 32.1. The quantitative estimate of drug-likeness (QED) is 0.415. The highest BCUT2D eigenvalue weighted by Crippen LogP contribution is 2.14. The molecule has 6 heteroatoms. The van der Waals surface area contributed by atoms with E-state index in [1.807, 2.05) is 37.3 Å². The Morgan fingerprint density at radius 2 is 1.69 bits per heavy atom. The summed E-state index contributed by atoms with van der Waals surface area (Å²) in [4.78, 5) is 8.76. The first-order valence-corrected chi connectivity index (χ1v) is 10.7. The highest BCUT2D eigenvalue weighted by molar-refractivity contribution is 7.09. The number of aliphatic imine (C=N–C) groups is 1. The summed E-state index contributed by atoms with van der Waals surface area (Å²) in [6, 6.07) is 18.5. The molecule has 0 aliphatic rings. The lowest BCUT2D eigenvalue weighted by atomic mass is 10.1. The van der Waals surface area contributed by atoms with Crippen LogP contribution in [-0.4, -0.2) is 31.1 Å². The van der Waals surface area contributed by atoms with Crippen LogP contribution in [0.15, 0.2) is 65.0 Å². The minimum Gasteiger partial charge on any atom is -0.489 e. The number of benzene rings is 2. The molecule has 0 saturated carbocycles. The second kappa shape index (κ2) is 11.2. The molecule has 0 spiro atoms. The van der Waals surface area contributed by atoms with Gasteiger partial charge in [0.15, 0.2) is 5.96 Å². The van der Waals surface area contributed by atoms with Crippen LogP contribution >= 0.6 is 11.3 Å². The number of hydrogen-bond acceptors (Lipinski definition) is 4. The Morgan fingerprint density at radius 3 is 2.34 bits per heavy atom. The van der Waals surface area contributed by atoms with Gasteiger partial charge < -0.3 is 15.4 Å². The Bertz CT molecular complexity index is 891. The molecule has 0 unspecified atom stereocenters. The monoisotopic (exact) mass is 408 g/mol. The van der Waals surface area contributed by atoms with E-state index in [1.54, 1.807) is 18.4 Å². The van der Waals surface area contributed by atoms with Crippen LogP contribution in [0.1, 0.15) is 21.8 Å². The fraction of sp³-hybridized carbons (Fsp3) is 0.304. The zero-order chi connectivity index (χ0) is 20.3. The van der Waals surface area contributed by atoms with Gasteiger partial charge in [-0.15, -0.1) is 11.3 Å². The molecule has 0 atom stereocenters. The summed E-state index contributed by atoms with van der Waals surface area (Å²) in [5.74, 6) is 1.71. The van der Waals surface area contributed by atoms with Gasteiger partial charge >= 0.3 is 0 Å². The van der Waals surface area contributed by atoms with Gasteiger partial charge in [-0.05, 0) is 36.6 Å². The van der Waals surface area contributed by atoms with Crippen LogP contribution in [0.4, 0.5) is 0 Å². The molecular weight excluding hydrogens is 380 g/mol. The van der Waals surface area contributed by atoms with Gasteiger partial charge in [0.2, 0.25) is 0 Å². The highest BCUT2D eigenvalue weighted by Gasteiger charge is 2.02. The smallest absolute Gasteiger partial charge is 0.190 e. The third-order valence-corrected chi connectivity index (χ3v) is 5.26. The van der Waals surface area contributed by atoms with E-state index in [-0.39, 0.29) is 0 Å². The van der Waals surface area contributed by atoms with Crippen molar-refractivity contribution in [3.05, 3.63) is 81.8 Å². The number of aromatic nitrogens is 1. The van der Waals surface area contributed by atoms with Gasteiger partial charge in [0.1, 0.15) is 12.4 Å². The maximum absolute atomic E-state index is 5.84. The second-order valence-corrected chi connectivity index (χ2v) is 7.76. The topological polar surface area (TPSA) is 58.5 Å². The number of thiazole rings is 1. The normalized spacial score (nSPS) is 11.3. The van der Waals surface area contributed by atoms with Gasteiger partial charge in [0.05, 0.1) is 10.7 Å². The summed E-state index contributed by atoms with van der Waals surface area (Å²) in [5, 5.41) is 9.92. The van der Waals surface area contributed by atoms with Gasteiger partial charge in [0.25, 0.3) is 0 Å². The van der Waals surface area contributed by atoms with E-state index in [9.17, 15) is 0 Å². The van der Waals surface area contributed by atoms with Crippen molar-refractivity contribution in [2.24, 2.45) is 4.99 Å². The van der Waals surface area contributed by atoms with Crippen molar-refractivity contribution in [1.29, 1.82) is 0 Å². The van der Waals surface area contributed by atoms with Gasteiger partial charge in [0, 0.05) is 31.9 Å². The molecule has 0 aliphatic carbocycles. The Labute approximate surface area is 176 Å². The summed E-state index contributed by atoms with van der Waals surface area (Å²) in [6.45, 7) is 4.25. The number of nitrogens with zero attached hydrogens (tertiary/aromatic N) is 2. The van der Waals surface area contributed by atoms with Crippen molar-refractivity contribution in [1.82, 2.24) is 15.6 Å². The Kier molecular flexibility index (Phi) is 8.07. The summed E-state index contributed by atoms with van der Waals surface area (Å²) < 4.78 is 5.84. The zero-order valence-corrected chi connectivity index (χ0v) is 17.8. The Hall–Kier alpha value is -2.86. The first kappa shape index (κ1) is 20.9. The Morgan fingerprint density at radius 1 is 0.966 bits per heavy atom. The molecule has 2 N–H and O–H groups in total. The first-order chi connectivity index (χ1) is 14.2. The molecule has 1 heterocycles. The fourth-order valence-electron chi connectivity index (χ4n) is 2.87. The molecule has 0 saturated heterocycles. The van der Waals surface area contributed by atoms with E-state index < -0.39 is 0 Å². The minimum atomic E-state index is 0.588. The summed E-state index contributed by atoms with van der Waals surface area (Å²) in [7, 11) is 1.79. The van der Waals surface area contributed by atoms with E-state index in [4.69, 9.17) is 4.74 Å². The SMILES string of the molecule is CN=C(NCCc1ccc(OCc2ccccc2)cc1)NCCc1csc(C)n1. The molecule has 0 amide bonds. The van der Waals surface area contributed by atoms with Crippen LogP contribution in [-0.2, 0) is 19.4 Å². The third-order valence-electron chi connectivity index (χ3n) is 4.44. The van der Waals surface area contributed by atoms with Crippen LogP contribution in [0.3, 0.4) is 0 Å². The lowest BCUT2D eigenvalue weighted by molar-refractivity contribution is 0.306. The number of ether oxygens (including phenoxy) is 1. The molecule has 3 rings (SSSR count). The third kappa shape index (κ3) is 7.23. The second-order valence-electron chi connectivity index (χ2n) is 6.70. The largest absolute Gasteiger partial charge is 0.489 e. The van der Waals surface area contributed by atoms with Crippen LogP contribution in [0.25, 0.3) is 0 Å². The van der Waals surface area contributed by atoms with Crippen LogP contribution in [0.5, 0.6) is 5.75 Å². The van der Waals surface area contributed by atoms with Gasteiger partial charge in [-0.1, -0.05) is 42.5 Å². The van der Waals surface area contributed by atoms with Gasteiger partial charge in [-0.25, -0.2) is 4.98 Å². The van der Waals surface area contributed by atoms with E-state index in [2.05, 4.69) is 50.3 Å². The van der Waals surface area contributed by atoms with Crippen molar-refractivity contribution in [2.75, 3.05) is 20.1 Å². The van der Waals surface area contributed by atoms with Crippen molar-refractivity contribution in [3.8, 4) is 5.75 Å². The number of aryl methyl sites for hydroxylation is 1. The van der Waals surface area contributed by atoms with Gasteiger partial charge in [-0.3, -0.25) is 4.99 Å². The molecule has 0 aliphatic heterocycles. The number of nitrogens with one attached hydrogen (secondary N) is 2. The molecule has 1 aromatic heterocycles. The predicted molar refractivity (Wildman–Crippen MR) is 121 cm³/mol. The average molecular weight is 409 g/mol. The zero-order valence-electron chi connectivity index (χ0n) is 17.0. The maximum Gasteiger partial charge on any atom is 0.190 e. The summed E-state index contributed by atoms with van der Waals surface area (Å²) in [5.41, 5.74) is 3.56. The minimum absolute atomic E-state index is 0.588. The number of rotatable bonds is 9. The molecule has 0 fully saturated rings. The Balaban J connectivity index is 1.35. The summed E-state index contributed by atoms with van der Waals surface area (Å²) >= 11 is 1.69. The van der Waals surface area contributed by atoms with E-state index in [0.717, 1.165) is 48.3 Å². The molecule has 3 aromatic rings. The fourth-order valence-corrected chi connectivity index (χ4v) is 3.52. The first-order valence-electron chi connectivity index (χ1n) is 9.84. The van der Waals surface area contributed by atoms with Crippen LogP contribution < -0.4 is 15.4 Å². The van der Waals surface area contributed by atoms with Crippen molar-refractivity contribution >= 4 is 17.3 Å². The molecule has 0 radical (unpaired) electrons. The molecule has 152 valence electrons. The average Bonchev–Trinajstić information content (AvgIpc) is 3.17. The summed E-state index contributed by atoms with van der Waals surface area (Å²) in [6.07, 6.45) is 1.82. The molecular formula is C23H28N4OS. The standard InChI is InChI=1S/C23H28N4OS/c1-18-27-21(17-29-18)13-15-26-23(24-2)25-14-12-19-8-10-22(11-9-19)28-16-20-6-4-3-5-7-20/h3-11,17H,12-16H2,1-2H3,(H2,24,25,26). The number of guanidine groups is 1. The van der Waals surface area contributed by atoms with Crippen LogP contribution in [0, 0.1) is 6.92 Å². The molecule has 2 aromatic carbocycles. The predicted octanol–water partition coefficient (Wildman–Crippen LogP) is 3.98. The van der Waals surface area contributed by atoms with E-state index in [1.165, 1.54) is 11.1 Å².